The molecule has 0 heterocycles. The number of rotatable bonds is 10. The third-order valence-electron chi connectivity index (χ3n) is 8.04. The van der Waals surface area contributed by atoms with Gasteiger partial charge in [-0.1, -0.05) is 177 Å². The zero-order valence-corrected chi connectivity index (χ0v) is 26.9. The third-order valence-corrected chi connectivity index (χ3v) is 9.10. The number of halogens is 2. The molecular weight excluding hydrogens is 656 g/mol. The molecule has 6 aromatic carbocycles. The molecular formula is C40H32Br2O. The van der Waals surface area contributed by atoms with Gasteiger partial charge in [0, 0.05) is 21.8 Å². The summed E-state index contributed by atoms with van der Waals surface area (Å²) < 4.78 is 10.1. The van der Waals surface area contributed by atoms with Crippen molar-refractivity contribution in [1.82, 2.24) is 0 Å². The fraction of sp³-hybridized carbons (Fsp3) is 0.100. The van der Waals surface area contributed by atoms with Crippen molar-refractivity contribution in [2.75, 3.05) is 0 Å². The summed E-state index contributed by atoms with van der Waals surface area (Å²) in [5, 5.41) is 0. The number of benzene rings is 6. The van der Waals surface area contributed by atoms with E-state index in [1.54, 1.807) is 0 Å². The van der Waals surface area contributed by atoms with Crippen LogP contribution in [0, 0.1) is 0 Å². The van der Waals surface area contributed by atoms with Gasteiger partial charge in [-0.25, -0.2) is 0 Å². The van der Waals surface area contributed by atoms with Gasteiger partial charge in [0.1, 0.15) is 11.2 Å². The highest BCUT2D eigenvalue weighted by Crippen LogP contribution is 2.48. The van der Waals surface area contributed by atoms with Crippen LogP contribution in [0.4, 0.5) is 0 Å². The first-order chi connectivity index (χ1) is 21.1. The lowest BCUT2D eigenvalue weighted by molar-refractivity contribution is -0.126. The predicted octanol–water partition coefficient (Wildman–Crippen LogP) is 10.9. The smallest absolute Gasteiger partial charge is 0.124 e. The second-order valence-electron chi connectivity index (χ2n) is 10.8. The second kappa shape index (κ2) is 13.3. The molecule has 6 aromatic rings. The molecule has 43 heavy (non-hydrogen) atoms. The molecule has 0 N–H and O–H groups in total. The molecule has 0 saturated heterocycles. The van der Waals surface area contributed by atoms with Crippen LogP contribution in [-0.4, -0.2) is 0 Å². The van der Waals surface area contributed by atoms with E-state index in [9.17, 15) is 0 Å². The monoisotopic (exact) mass is 686 g/mol. The van der Waals surface area contributed by atoms with Crippen LogP contribution in [0.5, 0.6) is 0 Å². The van der Waals surface area contributed by atoms with E-state index < -0.39 is 11.2 Å². The SMILES string of the molecule is Brc1ccc(CC(OC(Cc2ccc(Br)cc2)(c2ccccc2)c2ccccc2)(c2ccccc2)c2ccccc2)cc1. The van der Waals surface area contributed by atoms with E-state index in [4.69, 9.17) is 4.74 Å². The topological polar surface area (TPSA) is 9.23 Å². The van der Waals surface area contributed by atoms with E-state index in [1.807, 2.05) is 0 Å². The van der Waals surface area contributed by atoms with E-state index in [0.29, 0.717) is 12.8 Å². The molecule has 1 nitrogen and oxygen atoms in total. The fourth-order valence-corrected chi connectivity index (χ4v) is 6.48. The lowest BCUT2D eigenvalue weighted by Crippen LogP contribution is -2.45. The van der Waals surface area contributed by atoms with Crippen LogP contribution in [0.1, 0.15) is 33.4 Å². The summed E-state index contributed by atoms with van der Waals surface area (Å²) in [6.45, 7) is 0. The van der Waals surface area contributed by atoms with Gasteiger partial charge in [-0.05, 0) is 57.6 Å². The molecule has 0 aliphatic rings. The van der Waals surface area contributed by atoms with Crippen LogP contribution in [0.3, 0.4) is 0 Å². The minimum absolute atomic E-state index is 0.649. The van der Waals surface area contributed by atoms with Crippen LogP contribution < -0.4 is 0 Å². The summed E-state index contributed by atoms with van der Waals surface area (Å²) in [5.41, 5.74) is 5.17. The van der Waals surface area contributed by atoms with Crippen LogP contribution in [0.2, 0.25) is 0 Å². The van der Waals surface area contributed by atoms with Crippen LogP contribution in [0.25, 0.3) is 0 Å². The van der Waals surface area contributed by atoms with E-state index in [2.05, 4.69) is 202 Å². The fourth-order valence-electron chi connectivity index (χ4n) is 5.96. The summed E-state index contributed by atoms with van der Waals surface area (Å²) in [6, 6.07) is 60.0. The summed E-state index contributed by atoms with van der Waals surface area (Å²) in [7, 11) is 0. The van der Waals surface area contributed by atoms with Crippen LogP contribution in [-0.2, 0) is 28.8 Å². The summed E-state index contributed by atoms with van der Waals surface area (Å²) in [4.78, 5) is 0. The normalized spacial score (nSPS) is 11.8. The first-order valence-corrected chi connectivity index (χ1v) is 16.1. The van der Waals surface area contributed by atoms with Gasteiger partial charge < -0.3 is 4.74 Å². The summed E-state index contributed by atoms with van der Waals surface area (Å²) in [6.07, 6.45) is 1.30. The van der Waals surface area contributed by atoms with Crippen molar-refractivity contribution in [3.8, 4) is 0 Å². The van der Waals surface area contributed by atoms with E-state index >= 15 is 0 Å². The Hall–Kier alpha value is -3.76. The quantitative estimate of drug-likeness (QED) is 0.139. The van der Waals surface area contributed by atoms with Crippen molar-refractivity contribution >= 4 is 31.9 Å². The lowest BCUT2D eigenvalue weighted by Gasteiger charge is -2.46. The molecule has 0 aliphatic carbocycles. The van der Waals surface area contributed by atoms with Crippen LogP contribution in [0.15, 0.2) is 179 Å². The molecule has 0 unspecified atom stereocenters. The maximum atomic E-state index is 8.02. The molecule has 0 aliphatic heterocycles. The van der Waals surface area contributed by atoms with Crippen molar-refractivity contribution in [1.29, 1.82) is 0 Å². The second-order valence-corrected chi connectivity index (χ2v) is 12.7. The van der Waals surface area contributed by atoms with Crippen molar-refractivity contribution in [3.63, 3.8) is 0 Å². The Balaban J connectivity index is 1.66. The highest BCUT2D eigenvalue weighted by molar-refractivity contribution is 9.10. The zero-order chi connectivity index (χ0) is 29.5. The van der Waals surface area contributed by atoms with Crippen molar-refractivity contribution in [2.45, 2.75) is 24.0 Å². The van der Waals surface area contributed by atoms with Gasteiger partial charge in [-0.15, -0.1) is 0 Å². The molecule has 0 amide bonds. The zero-order valence-electron chi connectivity index (χ0n) is 23.7. The van der Waals surface area contributed by atoms with E-state index in [-0.39, 0.29) is 0 Å². The van der Waals surface area contributed by atoms with Crippen molar-refractivity contribution < 1.29 is 4.74 Å². The third kappa shape index (κ3) is 6.45. The van der Waals surface area contributed by atoms with Gasteiger partial charge in [0.25, 0.3) is 0 Å². The molecule has 0 radical (unpaired) electrons. The first-order valence-electron chi connectivity index (χ1n) is 14.5. The van der Waals surface area contributed by atoms with Crippen molar-refractivity contribution in [3.05, 3.63) is 212 Å². The highest BCUT2D eigenvalue weighted by atomic mass is 79.9. The van der Waals surface area contributed by atoms with Gasteiger partial charge in [0.2, 0.25) is 0 Å². The Labute approximate surface area is 271 Å². The molecule has 0 bridgehead atoms. The Morgan fingerprint density at radius 2 is 0.605 bits per heavy atom. The minimum atomic E-state index is -0.822. The largest absolute Gasteiger partial charge is 0.349 e. The molecule has 0 atom stereocenters. The van der Waals surface area contributed by atoms with Gasteiger partial charge in [0.05, 0.1) is 0 Å². The van der Waals surface area contributed by atoms with Gasteiger partial charge in [-0.2, -0.15) is 0 Å². The summed E-state index contributed by atoms with van der Waals surface area (Å²) in [5.74, 6) is 0. The molecule has 0 saturated carbocycles. The van der Waals surface area contributed by atoms with E-state index in [0.717, 1.165) is 31.2 Å². The molecule has 212 valence electrons. The van der Waals surface area contributed by atoms with Gasteiger partial charge in [-0.3, -0.25) is 0 Å². The average molecular weight is 689 g/mol. The van der Waals surface area contributed by atoms with E-state index in [1.165, 1.54) is 11.1 Å². The number of hydrogen-bond donors (Lipinski definition) is 0. The minimum Gasteiger partial charge on any atom is -0.349 e. The molecule has 0 fully saturated rings. The maximum absolute atomic E-state index is 8.02. The predicted molar refractivity (Wildman–Crippen MR) is 184 cm³/mol. The maximum Gasteiger partial charge on any atom is 0.124 e. The number of ether oxygens (including phenoxy) is 1. The van der Waals surface area contributed by atoms with Crippen molar-refractivity contribution in [2.24, 2.45) is 0 Å². The summed E-state index contributed by atoms with van der Waals surface area (Å²) >= 11 is 7.26. The van der Waals surface area contributed by atoms with Gasteiger partial charge >= 0.3 is 0 Å². The average Bonchev–Trinajstić information content (AvgIpc) is 3.07. The highest BCUT2D eigenvalue weighted by Gasteiger charge is 2.46. The Kier molecular flexibility index (Phi) is 9.04. The Morgan fingerprint density at radius 3 is 0.860 bits per heavy atom. The Morgan fingerprint density at radius 1 is 0.349 bits per heavy atom. The number of hydrogen-bond acceptors (Lipinski definition) is 1. The molecule has 6 rings (SSSR count). The molecule has 0 spiro atoms. The molecule has 3 heteroatoms. The van der Waals surface area contributed by atoms with Gasteiger partial charge in [0.15, 0.2) is 0 Å². The lowest BCUT2D eigenvalue weighted by atomic mass is 9.76. The first kappa shape index (κ1) is 29.3. The molecule has 0 aromatic heterocycles. The standard InChI is InChI=1S/C40H32Br2O/c41-37-25-21-31(22-26-37)29-39(33-13-5-1-6-14-33,34-15-7-2-8-16-34)43-40(35-17-9-3-10-18-35,36-19-11-4-12-20-36)30-32-23-27-38(42)28-24-32/h1-28H,29-30H2. The Bertz CT molecular complexity index is 1510. The van der Waals surface area contributed by atoms with Crippen LogP contribution >= 0.6 is 31.9 Å².